The lowest BCUT2D eigenvalue weighted by Gasteiger charge is -2.15. The zero-order valence-corrected chi connectivity index (χ0v) is 11.3. The van der Waals surface area contributed by atoms with Gasteiger partial charge in [-0.3, -0.25) is 0 Å². The van der Waals surface area contributed by atoms with Crippen LogP contribution in [0.4, 0.5) is 11.4 Å². The van der Waals surface area contributed by atoms with Gasteiger partial charge in [-0.05, 0) is 45.2 Å². The normalized spacial score (nSPS) is 10.7. The van der Waals surface area contributed by atoms with Crippen LogP contribution in [0.2, 0.25) is 0 Å². The highest BCUT2D eigenvalue weighted by Crippen LogP contribution is 2.30. The van der Waals surface area contributed by atoms with E-state index in [9.17, 15) is 0 Å². The first kappa shape index (κ1) is 14.6. The molecular weight excluding hydrogens is 228 g/mol. The average Bonchev–Trinajstić information content (AvgIpc) is 2.33. The molecule has 0 bridgehead atoms. The first-order valence-corrected chi connectivity index (χ1v) is 6.55. The summed E-state index contributed by atoms with van der Waals surface area (Å²) in [5, 5.41) is 12.0. The van der Waals surface area contributed by atoms with Gasteiger partial charge in [0.1, 0.15) is 5.75 Å². The van der Waals surface area contributed by atoms with Crippen LogP contribution in [0.1, 0.15) is 33.1 Å². The second kappa shape index (κ2) is 7.82. The molecule has 0 radical (unpaired) electrons. The van der Waals surface area contributed by atoms with Crippen molar-refractivity contribution in [2.24, 2.45) is 0 Å². The van der Waals surface area contributed by atoms with Crippen LogP contribution in [-0.4, -0.2) is 24.4 Å². The number of aliphatic hydroxyl groups excluding tert-OH is 1. The predicted octanol–water partition coefficient (Wildman–Crippen LogP) is 2.63. The van der Waals surface area contributed by atoms with E-state index in [0.29, 0.717) is 5.69 Å². The van der Waals surface area contributed by atoms with Crippen LogP contribution in [0.3, 0.4) is 0 Å². The van der Waals surface area contributed by atoms with Crippen LogP contribution in [0.15, 0.2) is 18.2 Å². The summed E-state index contributed by atoms with van der Waals surface area (Å²) >= 11 is 0. The lowest BCUT2D eigenvalue weighted by molar-refractivity contribution is 0.244. The van der Waals surface area contributed by atoms with Gasteiger partial charge < -0.3 is 20.9 Å². The predicted molar refractivity (Wildman–Crippen MR) is 76.0 cm³/mol. The van der Waals surface area contributed by atoms with Gasteiger partial charge in [0.05, 0.1) is 17.5 Å². The first-order valence-electron chi connectivity index (χ1n) is 6.55. The van der Waals surface area contributed by atoms with Gasteiger partial charge in [-0.15, -0.1) is 0 Å². The average molecular weight is 252 g/mol. The fraction of sp³-hybridized carbons (Fsp3) is 0.571. The molecule has 1 aromatic carbocycles. The highest BCUT2D eigenvalue weighted by molar-refractivity contribution is 5.72. The van der Waals surface area contributed by atoms with E-state index in [4.69, 9.17) is 15.6 Å². The van der Waals surface area contributed by atoms with E-state index in [2.05, 4.69) is 5.32 Å². The Hall–Kier alpha value is -1.42. The third-order valence-corrected chi connectivity index (χ3v) is 2.58. The zero-order valence-electron chi connectivity index (χ0n) is 11.3. The molecule has 4 heteroatoms. The summed E-state index contributed by atoms with van der Waals surface area (Å²) in [7, 11) is 0. The van der Waals surface area contributed by atoms with Gasteiger partial charge in [-0.25, -0.2) is 0 Å². The Bertz CT molecular complexity index is 354. The summed E-state index contributed by atoms with van der Waals surface area (Å²) in [6, 6.07) is 5.77. The van der Waals surface area contributed by atoms with Gasteiger partial charge in [0.25, 0.3) is 0 Å². The topological polar surface area (TPSA) is 67.5 Å². The van der Waals surface area contributed by atoms with E-state index in [-0.39, 0.29) is 12.7 Å². The minimum atomic E-state index is 0.118. The maximum absolute atomic E-state index is 8.69. The van der Waals surface area contributed by atoms with Crippen LogP contribution in [-0.2, 0) is 0 Å². The summed E-state index contributed by atoms with van der Waals surface area (Å²) in [5.74, 6) is 0.727. The van der Waals surface area contributed by atoms with Crippen molar-refractivity contribution in [1.82, 2.24) is 0 Å². The largest absolute Gasteiger partial charge is 0.489 e. The summed E-state index contributed by atoms with van der Waals surface area (Å²) in [4.78, 5) is 0. The molecule has 1 aromatic rings. The fourth-order valence-corrected chi connectivity index (χ4v) is 1.69. The van der Waals surface area contributed by atoms with E-state index in [1.165, 1.54) is 0 Å². The highest BCUT2D eigenvalue weighted by atomic mass is 16.5. The maximum Gasteiger partial charge on any atom is 0.144 e. The van der Waals surface area contributed by atoms with E-state index in [1.807, 2.05) is 32.0 Å². The molecule has 0 aliphatic carbocycles. The molecule has 4 nitrogen and oxygen atoms in total. The Kier molecular flexibility index (Phi) is 6.36. The molecule has 0 spiro atoms. The number of ether oxygens (including phenoxy) is 1. The number of aliphatic hydroxyl groups is 1. The number of nitrogens with one attached hydrogen (secondary N) is 1. The highest BCUT2D eigenvalue weighted by Gasteiger charge is 2.06. The number of unbranched alkanes of at least 4 members (excludes halogenated alkanes) is 2. The van der Waals surface area contributed by atoms with Crippen molar-refractivity contribution in [1.29, 1.82) is 0 Å². The summed E-state index contributed by atoms with van der Waals surface area (Å²) in [6.45, 7) is 5.08. The number of benzene rings is 1. The molecule has 0 fully saturated rings. The Balaban J connectivity index is 2.50. The molecule has 0 heterocycles. The molecule has 0 aromatic heterocycles. The molecule has 0 saturated carbocycles. The number of hydrogen-bond acceptors (Lipinski definition) is 4. The number of para-hydroxylation sites is 1. The van der Waals surface area contributed by atoms with Gasteiger partial charge in [-0.2, -0.15) is 0 Å². The monoisotopic (exact) mass is 252 g/mol. The lowest BCUT2D eigenvalue weighted by Crippen LogP contribution is -2.10. The summed E-state index contributed by atoms with van der Waals surface area (Å²) in [6.07, 6.45) is 3.02. The van der Waals surface area contributed by atoms with Gasteiger partial charge in [-0.1, -0.05) is 6.07 Å². The van der Waals surface area contributed by atoms with Crippen molar-refractivity contribution in [3.05, 3.63) is 18.2 Å². The van der Waals surface area contributed by atoms with E-state index in [0.717, 1.165) is 37.2 Å². The van der Waals surface area contributed by atoms with Crippen LogP contribution in [0.25, 0.3) is 0 Å². The molecule has 0 aliphatic heterocycles. The van der Waals surface area contributed by atoms with Gasteiger partial charge in [0, 0.05) is 13.2 Å². The van der Waals surface area contributed by atoms with Crippen LogP contribution < -0.4 is 15.8 Å². The lowest BCUT2D eigenvalue weighted by atomic mass is 10.2. The third kappa shape index (κ3) is 4.84. The number of hydrogen-bond donors (Lipinski definition) is 3. The molecule has 0 aliphatic rings. The number of anilines is 2. The van der Waals surface area contributed by atoms with Gasteiger partial charge in [0.15, 0.2) is 0 Å². The Labute approximate surface area is 109 Å². The standard InChI is InChI=1S/C14H24N2O2/c1-11(2)18-13-8-6-7-12(14(13)15)16-9-4-3-5-10-17/h6-8,11,16-17H,3-5,9-10,15H2,1-2H3. The molecule has 102 valence electrons. The van der Waals surface area contributed by atoms with Crippen molar-refractivity contribution >= 4 is 11.4 Å². The summed E-state index contributed by atoms with van der Waals surface area (Å²) < 4.78 is 5.63. The molecular formula is C14H24N2O2. The fourth-order valence-electron chi connectivity index (χ4n) is 1.69. The number of rotatable bonds is 8. The van der Waals surface area contributed by atoms with Crippen molar-refractivity contribution in [3.63, 3.8) is 0 Å². The van der Waals surface area contributed by atoms with Crippen molar-refractivity contribution in [2.45, 2.75) is 39.2 Å². The third-order valence-electron chi connectivity index (χ3n) is 2.58. The molecule has 4 N–H and O–H groups in total. The second-order valence-corrected chi connectivity index (χ2v) is 4.60. The second-order valence-electron chi connectivity index (χ2n) is 4.60. The Morgan fingerprint density at radius 3 is 2.72 bits per heavy atom. The minimum absolute atomic E-state index is 0.118. The van der Waals surface area contributed by atoms with Gasteiger partial charge in [0.2, 0.25) is 0 Å². The van der Waals surface area contributed by atoms with Crippen molar-refractivity contribution < 1.29 is 9.84 Å². The van der Waals surface area contributed by atoms with Crippen molar-refractivity contribution in [2.75, 3.05) is 24.2 Å². The molecule has 0 amide bonds. The van der Waals surface area contributed by atoms with Crippen LogP contribution in [0, 0.1) is 0 Å². The molecule has 0 atom stereocenters. The van der Waals surface area contributed by atoms with Crippen LogP contribution in [0.5, 0.6) is 5.75 Å². The van der Waals surface area contributed by atoms with E-state index in [1.54, 1.807) is 0 Å². The minimum Gasteiger partial charge on any atom is -0.489 e. The molecule has 0 saturated heterocycles. The number of nitrogens with two attached hydrogens (primary N) is 1. The van der Waals surface area contributed by atoms with Crippen LogP contribution >= 0.6 is 0 Å². The Morgan fingerprint density at radius 1 is 1.28 bits per heavy atom. The SMILES string of the molecule is CC(C)Oc1cccc(NCCCCCO)c1N. The molecule has 1 rings (SSSR count). The smallest absolute Gasteiger partial charge is 0.144 e. The quantitative estimate of drug-likeness (QED) is 0.491. The molecule has 18 heavy (non-hydrogen) atoms. The van der Waals surface area contributed by atoms with Crippen molar-refractivity contribution in [3.8, 4) is 5.75 Å². The first-order chi connectivity index (χ1) is 8.65. The molecule has 0 unspecified atom stereocenters. The maximum atomic E-state index is 8.69. The Morgan fingerprint density at radius 2 is 2.06 bits per heavy atom. The zero-order chi connectivity index (χ0) is 13.4. The summed E-state index contributed by atoms with van der Waals surface area (Å²) in [5.41, 5.74) is 7.62. The van der Waals surface area contributed by atoms with E-state index < -0.39 is 0 Å². The number of nitrogen functional groups attached to an aromatic ring is 1. The van der Waals surface area contributed by atoms with E-state index >= 15 is 0 Å². The van der Waals surface area contributed by atoms with Gasteiger partial charge >= 0.3 is 0 Å².